The van der Waals surface area contributed by atoms with Crippen LogP contribution in [0.15, 0.2) is 22.8 Å². The van der Waals surface area contributed by atoms with Crippen LogP contribution in [0.4, 0.5) is 5.69 Å². The van der Waals surface area contributed by atoms with Gasteiger partial charge in [-0.15, -0.1) is 11.8 Å². The molecule has 4 N–H and O–H groups in total. The third-order valence-electron chi connectivity index (χ3n) is 3.87. The number of pyridine rings is 1. The van der Waals surface area contributed by atoms with Crippen molar-refractivity contribution in [2.75, 3.05) is 5.73 Å². The van der Waals surface area contributed by atoms with Crippen molar-refractivity contribution in [2.24, 2.45) is 0 Å². The predicted octanol–water partition coefficient (Wildman–Crippen LogP) is 4.08. The van der Waals surface area contributed by atoms with Crippen LogP contribution in [0.1, 0.15) is 18.9 Å². The number of hydrogen-bond donors (Lipinski definition) is 3. The largest absolute Gasteiger partial charge is 0.507 e. The predicted molar refractivity (Wildman–Crippen MR) is 99.2 cm³/mol. The van der Waals surface area contributed by atoms with E-state index in [-0.39, 0.29) is 10.2 Å². The van der Waals surface area contributed by atoms with Crippen LogP contribution >= 0.6 is 23.2 Å². The molecule has 0 aliphatic heterocycles. The molecule has 5 nitrogen and oxygen atoms in total. The van der Waals surface area contributed by atoms with Crippen LogP contribution in [-0.2, 0) is 13.0 Å². The van der Waals surface area contributed by atoms with Crippen molar-refractivity contribution in [3.8, 4) is 17.6 Å². The van der Waals surface area contributed by atoms with Gasteiger partial charge >= 0.3 is 0 Å². The second kappa shape index (κ2) is 6.68. The van der Waals surface area contributed by atoms with E-state index >= 15 is 0 Å². The van der Waals surface area contributed by atoms with E-state index in [1.165, 1.54) is 0 Å². The molecule has 0 aliphatic rings. The number of halogens is 2. The van der Waals surface area contributed by atoms with Crippen LogP contribution in [-0.4, -0.2) is 19.9 Å². The fraction of sp³-hybridized carbons (Fsp3) is 0.235. The molecule has 0 saturated carbocycles. The quantitative estimate of drug-likeness (QED) is 0.611. The molecule has 0 unspecified atom stereocenters. The lowest BCUT2D eigenvalue weighted by molar-refractivity contribution is 0.478. The van der Waals surface area contributed by atoms with Crippen molar-refractivity contribution in [1.29, 1.82) is 0 Å². The van der Waals surface area contributed by atoms with Crippen molar-refractivity contribution in [1.82, 2.24) is 14.8 Å². The average molecular weight is 363 g/mol. The number of fused-ring (bicyclic) bond motifs is 2. The first-order chi connectivity index (χ1) is 11.5. The Hall–Kier alpha value is -2.29. The highest BCUT2D eigenvalue weighted by molar-refractivity contribution is 6.55. The highest BCUT2D eigenvalue weighted by Gasteiger charge is 2.17. The van der Waals surface area contributed by atoms with Gasteiger partial charge in [-0.05, 0) is 25.5 Å². The first-order valence-electron chi connectivity index (χ1n) is 7.41. The van der Waals surface area contributed by atoms with E-state index < -0.39 is 0 Å². The van der Waals surface area contributed by atoms with Gasteiger partial charge in [0.25, 0.3) is 0 Å². The number of nitrogens with two attached hydrogens (primary N) is 1. The molecule has 0 saturated heterocycles. The number of hydrogen-bond acceptors (Lipinski definition) is 3. The molecular weight excluding hydrogens is 347 g/mol. The van der Waals surface area contributed by atoms with E-state index in [0.29, 0.717) is 41.5 Å². The summed E-state index contributed by atoms with van der Waals surface area (Å²) in [7, 11) is 0. The van der Waals surface area contributed by atoms with Gasteiger partial charge < -0.3 is 15.9 Å². The number of nitrogen functional groups attached to an aromatic ring is 1. The highest BCUT2D eigenvalue weighted by Crippen LogP contribution is 2.39. The number of nitrogens with one attached hydrogen (secondary N) is 1. The van der Waals surface area contributed by atoms with E-state index in [1.807, 2.05) is 11.6 Å². The lowest BCUT2D eigenvalue weighted by Gasteiger charge is -2.04. The lowest BCUT2D eigenvalue weighted by atomic mass is 10.2. The summed E-state index contributed by atoms with van der Waals surface area (Å²) in [5.41, 5.74) is 8.82. The van der Waals surface area contributed by atoms with Crippen molar-refractivity contribution in [3.05, 3.63) is 28.4 Å². The van der Waals surface area contributed by atoms with E-state index in [2.05, 4.69) is 21.9 Å². The number of aromatic amines is 1. The number of aryl methyl sites for hydroxylation is 1. The van der Waals surface area contributed by atoms with Gasteiger partial charge in [0.1, 0.15) is 10.2 Å². The van der Waals surface area contributed by atoms with E-state index in [4.69, 9.17) is 28.9 Å². The third-order valence-corrected chi connectivity index (χ3v) is 4.18. The van der Waals surface area contributed by atoms with Crippen molar-refractivity contribution in [2.45, 2.75) is 26.3 Å². The van der Waals surface area contributed by atoms with Gasteiger partial charge in [0.15, 0.2) is 5.65 Å². The Morgan fingerprint density at radius 3 is 3.00 bits per heavy atom. The molecule has 0 spiro atoms. The molecule has 0 atom stereocenters. The maximum absolute atomic E-state index is 10.5. The molecule has 0 amide bonds. The molecule has 0 aliphatic carbocycles. The van der Waals surface area contributed by atoms with Crippen LogP contribution in [0.5, 0.6) is 5.75 Å². The third kappa shape index (κ3) is 2.91. The molecular formula is C17H16Cl2N4O. The number of aromatic nitrogens is 3. The number of rotatable bonds is 4. The minimum absolute atomic E-state index is 0.118. The fourth-order valence-corrected chi connectivity index (χ4v) is 2.88. The maximum Gasteiger partial charge on any atom is 0.158 e. The van der Waals surface area contributed by atoms with Gasteiger partial charge in [0, 0.05) is 18.2 Å². The minimum Gasteiger partial charge on any atom is -0.507 e. The Morgan fingerprint density at radius 1 is 1.50 bits per heavy atom. The molecule has 2 heterocycles. The normalized spacial score (nSPS) is 10.8. The van der Waals surface area contributed by atoms with Crippen molar-refractivity contribution < 1.29 is 5.11 Å². The molecule has 7 heteroatoms. The monoisotopic (exact) mass is 362 g/mol. The molecule has 0 fully saturated rings. The van der Waals surface area contributed by atoms with Gasteiger partial charge in [-0.2, -0.15) is 0 Å². The number of anilines is 1. The van der Waals surface area contributed by atoms with Crippen LogP contribution in [0, 0.1) is 11.8 Å². The Labute approximate surface area is 149 Å². The summed E-state index contributed by atoms with van der Waals surface area (Å²) in [5.74, 6) is 6.01. The first-order valence-corrected chi connectivity index (χ1v) is 8.17. The van der Waals surface area contributed by atoms with Gasteiger partial charge in [-0.25, -0.2) is 4.98 Å². The maximum atomic E-state index is 10.5. The molecule has 3 aromatic rings. The summed E-state index contributed by atoms with van der Waals surface area (Å²) in [5, 5.41) is 14.9. The summed E-state index contributed by atoms with van der Waals surface area (Å²) in [4.78, 5) is 4.64. The molecule has 1 aromatic carbocycles. The first kappa shape index (κ1) is 16.6. The van der Waals surface area contributed by atoms with E-state index in [0.717, 1.165) is 11.0 Å². The Kier molecular flexibility index (Phi) is 4.61. The smallest absolute Gasteiger partial charge is 0.158 e. The molecule has 2 aromatic heterocycles. The summed E-state index contributed by atoms with van der Waals surface area (Å²) >= 11 is 11.3. The number of H-pyrrole nitrogens is 1. The number of nitrogens with zero attached hydrogens (tertiary/aromatic N) is 2. The molecule has 24 heavy (non-hydrogen) atoms. The van der Waals surface area contributed by atoms with Crippen LogP contribution in [0.2, 0.25) is 0 Å². The Morgan fingerprint density at radius 2 is 2.29 bits per heavy atom. The van der Waals surface area contributed by atoms with Crippen molar-refractivity contribution in [3.63, 3.8) is 0 Å². The lowest BCUT2D eigenvalue weighted by Crippen LogP contribution is -2.01. The Balaban J connectivity index is 2.12. The summed E-state index contributed by atoms with van der Waals surface area (Å²) in [6.45, 7) is 2.50. The standard InChI is InChI=1S/C17H16Cl2N4O/c1-2-3-4-7-23-17-11(9-21-23)15(20)14-12(22-17)8-10(16(14)24)5-6-13(18)19/h6,8-9,21,24H,4-5,7,20H2,1H3. The second-order valence-corrected chi connectivity index (χ2v) is 6.35. The summed E-state index contributed by atoms with van der Waals surface area (Å²) in [6.07, 6.45) is 4.53. The second-order valence-electron chi connectivity index (χ2n) is 5.34. The van der Waals surface area contributed by atoms with Gasteiger partial charge in [0.05, 0.1) is 28.5 Å². The van der Waals surface area contributed by atoms with E-state index in [9.17, 15) is 5.11 Å². The number of aromatic hydroxyl groups is 1. The topological polar surface area (TPSA) is 79.9 Å². The zero-order valence-corrected chi connectivity index (χ0v) is 14.5. The zero-order valence-electron chi connectivity index (χ0n) is 13.0. The zero-order chi connectivity index (χ0) is 17.3. The van der Waals surface area contributed by atoms with Crippen LogP contribution in [0.25, 0.3) is 21.9 Å². The minimum atomic E-state index is 0.118. The molecule has 0 bridgehead atoms. The molecule has 3 rings (SSSR count). The highest BCUT2D eigenvalue weighted by atomic mass is 35.5. The molecule has 124 valence electrons. The Bertz CT molecular complexity index is 1000. The van der Waals surface area contributed by atoms with E-state index in [1.54, 1.807) is 18.3 Å². The summed E-state index contributed by atoms with van der Waals surface area (Å²) in [6, 6.07) is 1.80. The van der Waals surface area contributed by atoms with Gasteiger partial charge in [-0.3, -0.25) is 4.68 Å². The number of allylic oxidation sites excluding steroid dienone is 1. The van der Waals surface area contributed by atoms with Crippen LogP contribution < -0.4 is 5.73 Å². The fourth-order valence-electron chi connectivity index (χ4n) is 2.73. The summed E-state index contributed by atoms with van der Waals surface area (Å²) < 4.78 is 2.05. The SMILES string of the molecule is CC#CCCn1[nH]cc2c(N)c3c(O)c(CC=C(Cl)Cl)cc3nc21. The average Bonchev–Trinajstić information content (AvgIpc) is 3.08. The molecule has 0 radical (unpaired) electrons. The van der Waals surface area contributed by atoms with Crippen LogP contribution in [0.3, 0.4) is 0 Å². The van der Waals surface area contributed by atoms with Gasteiger partial charge in [0.2, 0.25) is 0 Å². The van der Waals surface area contributed by atoms with Crippen molar-refractivity contribution >= 4 is 50.8 Å². The van der Waals surface area contributed by atoms with Gasteiger partial charge in [-0.1, -0.05) is 23.2 Å².